The zero-order chi connectivity index (χ0) is 11.0. The number of carboxylic acids is 1. The summed E-state index contributed by atoms with van der Waals surface area (Å²) >= 11 is 0. The summed E-state index contributed by atoms with van der Waals surface area (Å²) in [5.74, 6) is -0.595. The van der Waals surface area contributed by atoms with Gasteiger partial charge in [0, 0.05) is 19.5 Å². The van der Waals surface area contributed by atoms with Crippen molar-refractivity contribution < 1.29 is 15.0 Å². The number of fused-ring (bicyclic) bond motifs is 1. The molecule has 4 heteroatoms. The van der Waals surface area contributed by atoms with E-state index in [1.807, 2.05) is 18.0 Å². The number of benzene rings is 1. The minimum atomic E-state index is -0.801. The molecule has 0 aliphatic carbocycles. The van der Waals surface area contributed by atoms with Crippen molar-refractivity contribution in [2.45, 2.75) is 12.3 Å². The van der Waals surface area contributed by atoms with Gasteiger partial charge in [0.05, 0.1) is 12.1 Å². The summed E-state index contributed by atoms with van der Waals surface area (Å²) in [5, 5.41) is 18.4. The highest BCUT2D eigenvalue weighted by Gasteiger charge is 2.29. The number of rotatable bonds is 2. The third kappa shape index (κ3) is 1.63. The first kappa shape index (κ1) is 9.83. The first-order chi connectivity index (χ1) is 7.09. The van der Waals surface area contributed by atoms with E-state index < -0.39 is 5.97 Å². The van der Waals surface area contributed by atoms with Crippen molar-refractivity contribution in [1.29, 1.82) is 0 Å². The minimum absolute atomic E-state index is 0.0189. The van der Waals surface area contributed by atoms with Crippen LogP contribution in [0.3, 0.4) is 0 Å². The van der Waals surface area contributed by atoms with Crippen molar-refractivity contribution in [3.8, 4) is 5.75 Å². The van der Waals surface area contributed by atoms with E-state index in [9.17, 15) is 9.90 Å². The molecule has 0 saturated carbocycles. The summed E-state index contributed by atoms with van der Waals surface area (Å²) in [6.45, 7) is 0.652. The van der Waals surface area contributed by atoms with E-state index in [0.29, 0.717) is 6.54 Å². The molecule has 15 heavy (non-hydrogen) atoms. The average Bonchev–Trinajstić information content (AvgIpc) is 2.44. The van der Waals surface area contributed by atoms with Gasteiger partial charge in [-0.15, -0.1) is 0 Å². The number of para-hydroxylation sites is 1. The molecule has 1 unspecified atom stereocenters. The Hall–Kier alpha value is -1.71. The zero-order valence-electron chi connectivity index (χ0n) is 8.47. The van der Waals surface area contributed by atoms with Crippen LogP contribution in [0.25, 0.3) is 0 Å². The van der Waals surface area contributed by atoms with Crippen molar-refractivity contribution in [3.05, 3.63) is 23.8 Å². The van der Waals surface area contributed by atoms with E-state index in [2.05, 4.69) is 0 Å². The number of likely N-dealkylation sites (N-methyl/N-ethyl adjacent to an activating group) is 1. The first-order valence-electron chi connectivity index (χ1n) is 4.84. The number of phenols is 1. The molecule has 1 atom stereocenters. The molecule has 0 radical (unpaired) electrons. The molecule has 1 aliphatic heterocycles. The highest BCUT2D eigenvalue weighted by Crippen LogP contribution is 2.42. The fraction of sp³-hybridized carbons (Fsp3) is 0.364. The van der Waals surface area contributed by atoms with Gasteiger partial charge in [-0.25, -0.2) is 0 Å². The van der Waals surface area contributed by atoms with Crippen LogP contribution >= 0.6 is 0 Å². The average molecular weight is 207 g/mol. The van der Waals surface area contributed by atoms with Gasteiger partial charge in [-0.3, -0.25) is 4.79 Å². The van der Waals surface area contributed by atoms with Gasteiger partial charge in [0.15, 0.2) is 0 Å². The smallest absolute Gasteiger partial charge is 0.304 e. The van der Waals surface area contributed by atoms with Gasteiger partial charge in [0.25, 0.3) is 0 Å². The first-order valence-corrected chi connectivity index (χ1v) is 4.84. The Kier molecular flexibility index (Phi) is 2.26. The fourth-order valence-electron chi connectivity index (χ4n) is 2.20. The number of nitrogens with zero attached hydrogens (tertiary/aromatic N) is 1. The Labute approximate surface area is 87.8 Å². The van der Waals surface area contributed by atoms with Crippen LogP contribution < -0.4 is 4.90 Å². The molecule has 2 N–H and O–H groups in total. The van der Waals surface area contributed by atoms with E-state index in [1.165, 1.54) is 0 Å². The third-order valence-corrected chi connectivity index (χ3v) is 2.78. The summed E-state index contributed by atoms with van der Waals surface area (Å²) in [7, 11) is 1.86. The minimum Gasteiger partial charge on any atom is -0.506 e. The van der Waals surface area contributed by atoms with Gasteiger partial charge in [-0.05, 0) is 11.6 Å². The standard InChI is InChI=1S/C11H13NO3/c1-12-6-7(5-10(14)15)8-3-2-4-9(13)11(8)12/h2-4,7,13H,5-6H2,1H3,(H,14,15). The maximum absolute atomic E-state index is 10.7. The van der Waals surface area contributed by atoms with Gasteiger partial charge in [-0.2, -0.15) is 0 Å². The van der Waals surface area contributed by atoms with Gasteiger partial charge in [-0.1, -0.05) is 12.1 Å². The number of phenolic OH excluding ortho intramolecular Hbond substituents is 1. The largest absolute Gasteiger partial charge is 0.506 e. The molecule has 0 spiro atoms. The number of aliphatic carboxylic acids is 1. The number of hydrogen-bond donors (Lipinski definition) is 2. The van der Waals surface area contributed by atoms with E-state index >= 15 is 0 Å². The second kappa shape index (κ2) is 3.46. The van der Waals surface area contributed by atoms with Crippen LogP contribution in [0.5, 0.6) is 5.75 Å². The Balaban J connectivity index is 2.38. The quantitative estimate of drug-likeness (QED) is 0.769. The number of anilines is 1. The van der Waals surface area contributed by atoms with E-state index in [0.717, 1.165) is 11.3 Å². The molecular formula is C11H13NO3. The van der Waals surface area contributed by atoms with Gasteiger partial charge in [0.1, 0.15) is 5.75 Å². The Bertz CT molecular complexity index is 403. The van der Waals surface area contributed by atoms with Crippen molar-refractivity contribution in [1.82, 2.24) is 0 Å². The molecule has 0 bridgehead atoms. The highest BCUT2D eigenvalue weighted by molar-refractivity contribution is 5.73. The fourth-order valence-corrected chi connectivity index (χ4v) is 2.20. The maximum Gasteiger partial charge on any atom is 0.304 e. The van der Waals surface area contributed by atoms with Crippen molar-refractivity contribution in [2.24, 2.45) is 0 Å². The molecular weight excluding hydrogens is 194 g/mol. The lowest BCUT2D eigenvalue weighted by Gasteiger charge is -2.12. The van der Waals surface area contributed by atoms with Crippen LogP contribution in [-0.4, -0.2) is 29.8 Å². The normalized spacial score (nSPS) is 19.0. The van der Waals surface area contributed by atoms with Crippen LogP contribution in [0.2, 0.25) is 0 Å². The SMILES string of the molecule is CN1CC(CC(=O)O)c2cccc(O)c21. The van der Waals surface area contributed by atoms with Crippen molar-refractivity contribution in [2.75, 3.05) is 18.5 Å². The summed E-state index contributed by atoms with van der Waals surface area (Å²) in [4.78, 5) is 12.6. The Morgan fingerprint density at radius 2 is 2.33 bits per heavy atom. The molecule has 0 aromatic heterocycles. The molecule has 4 nitrogen and oxygen atoms in total. The molecule has 1 aromatic rings. The topological polar surface area (TPSA) is 60.8 Å². The van der Waals surface area contributed by atoms with Gasteiger partial charge >= 0.3 is 5.97 Å². The monoisotopic (exact) mass is 207 g/mol. The lowest BCUT2D eigenvalue weighted by atomic mass is 9.98. The molecule has 0 amide bonds. The second-order valence-electron chi connectivity index (χ2n) is 3.89. The van der Waals surface area contributed by atoms with Crippen molar-refractivity contribution in [3.63, 3.8) is 0 Å². The Morgan fingerprint density at radius 3 is 3.00 bits per heavy atom. The predicted octanol–water partition coefficient (Wildman–Crippen LogP) is 1.40. The zero-order valence-corrected chi connectivity index (χ0v) is 8.47. The van der Waals surface area contributed by atoms with Crippen LogP contribution in [0.4, 0.5) is 5.69 Å². The number of aromatic hydroxyl groups is 1. The summed E-state index contributed by atoms with van der Waals surface area (Å²) < 4.78 is 0. The van der Waals surface area contributed by atoms with E-state index in [-0.39, 0.29) is 18.1 Å². The molecule has 1 heterocycles. The second-order valence-corrected chi connectivity index (χ2v) is 3.89. The van der Waals surface area contributed by atoms with E-state index in [4.69, 9.17) is 5.11 Å². The highest BCUT2D eigenvalue weighted by atomic mass is 16.4. The molecule has 1 aliphatic rings. The molecule has 0 saturated heterocycles. The summed E-state index contributed by atoms with van der Waals surface area (Å²) in [6.07, 6.45) is 0.112. The summed E-state index contributed by atoms with van der Waals surface area (Å²) in [5.41, 5.74) is 1.70. The van der Waals surface area contributed by atoms with Crippen molar-refractivity contribution >= 4 is 11.7 Å². The number of hydrogen-bond acceptors (Lipinski definition) is 3. The lowest BCUT2D eigenvalue weighted by molar-refractivity contribution is -0.137. The lowest BCUT2D eigenvalue weighted by Crippen LogP contribution is -2.17. The maximum atomic E-state index is 10.7. The van der Waals surface area contributed by atoms with Gasteiger partial charge in [0.2, 0.25) is 0 Å². The third-order valence-electron chi connectivity index (χ3n) is 2.78. The van der Waals surface area contributed by atoms with Crippen LogP contribution in [0.15, 0.2) is 18.2 Å². The molecule has 2 rings (SSSR count). The Morgan fingerprint density at radius 1 is 1.60 bits per heavy atom. The number of carbonyl (C=O) groups is 1. The molecule has 0 fully saturated rings. The van der Waals surface area contributed by atoms with E-state index in [1.54, 1.807) is 12.1 Å². The van der Waals surface area contributed by atoms with Crippen LogP contribution in [-0.2, 0) is 4.79 Å². The van der Waals surface area contributed by atoms with Crippen LogP contribution in [0, 0.1) is 0 Å². The summed E-state index contributed by atoms with van der Waals surface area (Å²) in [6, 6.07) is 5.26. The van der Waals surface area contributed by atoms with Gasteiger partial charge < -0.3 is 15.1 Å². The van der Waals surface area contributed by atoms with Crippen LogP contribution in [0.1, 0.15) is 17.9 Å². The molecule has 80 valence electrons. The molecule has 1 aromatic carbocycles. The number of carboxylic acid groups (broad SMARTS) is 1. The predicted molar refractivity (Wildman–Crippen MR) is 56.4 cm³/mol.